The lowest BCUT2D eigenvalue weighted by Crippen LogP contribution is -2.44. The SMILES string of the molecule is CC(C)[C@H](NC(=O)Cc1ccc(NC(=O)OCC2c3ccccc3-c3ccccc32)cn1)C(=O)O. The predicted octanol–water partition coefficient (Wildman–Crippen LogP) is 4.21. The molecule has 0 bridgehead atoms. The van der Waals surface area contributed by atoms with Gasteiger partial charge in [0.15, 0.2) is 0 Å². The molecule has 1 aromatic heterocycles. The molecule has 0 fully saturated rings. The highest BCUT2D eigenvalue weighted by Crippen LogP contribution is 2.44. The Morgan fingerprint density at radius 3 is 2.14 bits per heavy atom. The second-order valence-corrected chi connectivity index (χ2v) is 8.79. The van der Waals surface area contributed by atoms with Crippen LogP contribution in [-0.2, 0) is 20.7 Å². The maximum atomic E-state index is 12.4. The van der Waals surface area contributed by atoms with E-state index < -0.39 is 24.0 Å². The van der Waals surface area contributed by atoms with Gasteiger partial charge in [-0.15, -0.1) is 0 Å². The molecule has 0 radical (unpaired) electrons. The van der Waals surface area contributed by atoms with E-state index in [9.17, 15) is 19.5 Å². The Morgan fingerprint density at radius 1 is 0.971 bits per heavy atom. The van der Waals surface area contributed by atoms with Crippen LogP contribution in [0.4, 0.5) is 10.5 Å². The molecule has 4 rings (SSSR count). The Labute approximate surface area is 203 Å². The van der Waals surface area contributed by atoms with Gasteiger partial charge in [0.05, 0.1) is 18.3 Å². The van der Waals surface area contributed by atoms with Crippen LogP contribution in [0.3, 0.4) is 0 Å². The predicted molar refractivity (Wildman–Crippen MR) is 131 cm³/mol. The first-order valence-corrected chi connectivity index (χ1v) is 11.4. The van der Waals surface area contributed by atoms with Crippen LogP contribution in [0.2, 0.25) is 0 Å². The number of pyridine rings is 1. The number of fused-ring (bicyclic) bond motifs is 3. The number of aromatic nitrogens is 1. The van der Waals surface area contributed by atoms with Crippen LogP contribution >= 0.6 is 0 Å². The zero-order valence-electron chi connectivity index (χ0n) is 19.5. The van der Waals surface area contributed by atoms with Gasteiger partial charge < -0.3 is 15.2 Å². The second-order valence-electron chi connectivity index (χ2n) is 8.79. The topological polar surface area (TPSA) is 118 Å². The number of aliphatic carboxylic acids is 1. The molecule has 0 spiro atoms. The fourth-order valence-corrected chi connectivity index (χ4v) is 4.26. The lowest BCUT2D eigenvalue weighted by molar-refractivity contribution is -0.143. The molecule has 0 saturated carbocycles. The number of ether oxygens (including phenoxy) is 1. The van der Waals surface area contributed by atoms with E-state index in [1.165, 1.54) is 6.20 Å². The number of anilines is 1. The average molecular weight is 474 g/mol. The van der Waals surface area contributed by atoms with Crippen molar-refractivity contribution in [1.29, 1.82) is 0 Å². The minimum Gasteiger partial charge on any atom is -0.480 e. The molecule has 35 heavy (non-hydrogen) atoms. The van der Waals surface area contributed by atoms with Crippen LogP contribution < -0.4 is 10.6 Å². The molecular formula is C27H27N3O5. The fourth-order valence-electron chi connectivity index (χ4n) is 4.26. The van der Waals surface area contributed by atoms with Gasteiger partial charge in [0.2, 0.25) is 5.91 Å². The number of hydrogen-bond acceptors (Lipinski definition) is 5. The molecule has 1 aliphatic carbocycles. The number of rotatable bonds is 8. The summed E-state index contributed by atoms with van der Waals surface area (Å²) in [6, 6.07) is 18.5. The van der Waals surface area contributed by atoms with E-state index in [0.717, 1.165) is 22.3 Å². The molecule has 1 aliphatic rings. The van der Waals surface area contributed by atoms with Gasteiger partial charge in [-0.25, -0.2) is 9.59 Å². The van der Waals surface area contributed by atoms with Crippen molar-refractivity contribution in [2.45, 2.75) is 32.2 Å². The van der Waals surface area contributed by atoms with Gasteiger partial charge in [0.25, 0.3) is 0 Å². The van der Waals surface area contributed by atoms with Crippen molar-refractivity contribution < 1.29 is 24.2 Å². The Kier molecular flexibility index (Phi) is 7.10. The maximum absolute atomic E-state index is 12.4. The van der Waals surface area contributed by atoms with Crippen LogP contribution in [0.1, 0.15) is 36.6 Å². The number of amides is 2. The Morgan fingerprint density at radius 2 is 1.60 bits per heavy atom. The summed E-state index contributed by atoms with van der Waals surface area (Å²) in [5, 5.41) is 14.4. The van der Waals surface area contributed by atoms with Crippen molar-refractivity contribution in [3.8, 4) is 11.1 Å². The first-order valence-electron chi connectivity index (χ1n) is 11.4. The van der Waals surface area contributed by atoms with Crippen molar-refractivity contribution in [3.63, 3.8) is 0 Å². The molecule has 0 saturated heterocycles. The first kappa shape index (κ1) is 23.9. The van der Waals surface area contributed by atoms with E-state index in [-0.39, 0.29) is 24.9 Å². The Bertz CT molecular complexity index is 1190. The summed E-state index contributed by atoms with van der Waals surface area (Å²) in [7, 11) is 0. The smallest absolute Gasteiger partial charge is 0.411 e. The van der Waals surface area contributed by atoms with Gasteiger partial charge in [-0.05, 0) is 40.3 Å². The molecule has 2 amide bonds. The minimum atomic E-state index is -1.08. The molecule has 2 aromatic carbocycles. The van der Waals surface area contributed by atoms with Crippen molar-refractivity contribution in [1.82, 2.24) is 10.3 Å². The monoisotopic (exact) mass is 473 g/mol. The van der Waals surface area contributed by atoms with E-state index in [0.29, 0.717) is 11.4 Å². The van der Waals surface area contributed by atoms with E-state index in [4.69, 9.17) is 4.74 Å². The third-order valence-electron chi connectivity index (χ3n) is 6.01. The lowest BCUT2D eigenvalue weighted by Gasteiger charge is -2.17. The molecule has 0 unspecified atom stereocenters. The van der Waals surface area contributed by atoms with Gasteiger partial charge in [0.1, 0.15) is 12.6 Å². The zero-order chi connectivity index (χ0) is 24.9. The van der Waals surface area contributed by atoms with E-state index in [2.05, 4.69) is 39.9 Å². The molecule has 1 atom stereocenters. The number of nitrogens with one attached hydrogen (secondary N) is 2. The van der Waals surface area contributed by atoms with Gasteiger partial charge in [-0.3, -0.25) is 15.1 Å². The third kappa shape index (κ3) is 5.48. The summed E-state index contributed by atoms with van der Waals surface area (Å²) in [4.78, 5) is 40.0. The largest absolute Gasteiger partial charge is 0.480 e. The average Bonchev–Trinajstić information content (AvgIpc) is 3.16. The van der Waals surface area contributed by atoms with Crippen LogP contribution in [-0.4, -0.2) is 40.7 Å². The number of nitrogens with zero attached hydrogens (tertiary/aromatic N) is 1. The summed E-state index contributed by atoms with van der Waals surface area (Å²) >= 11 is 0. The molecule has 0 aliphatic heterocycles. The molecule has 8 nitrogen and oxygen atoms in total. The number of carboxylic acids is 1. The highest BCUT2D eigenvalue weighted by Gasteiger charge is 2.29. The van der Waals surface area contributed by atoms with Gasteiger partial charge in [0, 0.05) is 11.6 Å². The van der Waals surface area contributed by atoms with Crippen molar-refractivity contribution in [3.05, 3.63) is 83.7 Å². The number of carbonyl (C=O) groups excluding carboxylic acids is 2. The zero-order valence-corrected chi connectivity index (χ0v) is 19.5. The molecule has 8 heteroatoms. The highest BCUT2D eigenvalue weighted by molar-refractivity contribution is 5.86. The molecule has 1 heterocycles. The van der Waals surface area contributed by atoms with Gasteiger partial charge in [-0.2, -0.15) is 0 Å². The number of benzene rings is 2. The van der Waals surface area contributed by atoms with E-state index >= 15 is 0 Å². The summed E-state index contributed by atoms with van der Waals surface area (Å²) in [5.74, 6) is -1.79. The maximum Gasteiger partial charge on any atom is 0.411 e. The molecule has 3 N–H and O–H groups in total. The number of carboxylic acid groups (broad SMARTS) is 1. The molecule has 3 aromatic rings. The molecule has 180 valence electrons. The highest BCUT2D eigenvalue weighted by atomic mass is 16.5. The Balaban J connectivity index is 1.32. The summed E-state index contributed by atoms with van der Waals surface area (Å²) < 4.78 is 5.53. The van der Waals surface area contributed by atoms with Crippen LogP contribution in [0, 0.1) is 5.92 Å². The minimum absolute atomic E-state index is 0.0346. The summed E-state index contributed by atoms with van der Waals surface area (Å²) in [5.41, 5.74) is 5.46. The standard InChI is InChI=1S/C27H27N3O5/c1-16(2)25(26(32)33)30-24(31)13-17-11-12-18(14-28-17)29-27(34)35-15-23-21-9-5-3-7-19(21)20-8-4-6-10-22(20)23/h3-12,14,16,23,25H,13,15H2,1-2H3,(H,29,34)(H,30,31)(H,32,33)/t25-/m0/s1. The van der Waals surface area contributed by atoms with E-state index in [1.54, 1.807) is 26.0 Å². The lowest BCUT2D eigenvalue weighted by atomic mass is 9.98. The van der Waals surface area contributed by atoms with E-state index in [1.807, 2.05) is 24.3 Å². The summed E-state index contributed by atoms with van der Waals surface area (Å²) in [6.45, 7) is 3.65. The van der Waals surface area contributed by atoms with Crippen LogP contribution in [0.5, 0.6) is 0 Å². The quantitative estimate of drug-likeness (QED) is 0.451. The van der Waals surface area contributed by atoms with Gasteiger partial charge in [-0.1, -0.05) is 62.4 Å². The van der Waals surface area contributed by atoms with Crippen LogP contribution in [0.15, 0.2) is 66.9 Å². The second kappa shape index (κ2) is 10.4. The van der Waals surface area contributed by atoms with Crippen molar-refractivity contribution in [2.24, 2.45) is 5.92 Å². The van der Waals surface area contributed by atoms with Crippen LogP contribution in [0.25, 0.3) is 11.1 Å². The first-order chi connectivity index (χ1) is 16.8. The van der Waals surface area contributed by atoms with Crippen molar-refractivity contribution >= 4 is 23.7 Å². The van der Waals surface area contributed by atoms with Crippen molar-refractivity contribution in [2.75, 3.05) is 11.9 Å². The Hall–Kier alpha value is -4.20. The normalized spacial score (nSPS) is 13.0. The third-order valence-corrected chi connectivity index (χ3v) is 6.01. The molecular weight excluding hydrogens is 446 g/mol. The number of hydrogen-bond donors (Lipinski definition) is 3. The fraction of sp³-hybridized carbons (Fsp3) is 0.259. The van der Waals surface area contributed by atoms with Gasteiger partial charge >= 0.3 is 12.1 Å². The number of carbonyl (C=O) groups is 3. The summed E-state index contributed by atoms with van der Waals surface area (Å²) in [6.07, 6.45) is 0.767.